The minimum absolute atomic E-state index is 0.206. The second-order valence-corrected chi connectivity index (χ2v) is 4.88. The van der Waals surface area contributed by atoms with Gasteiger partial charge in [0, 0.05) is 18.8 Å². The zero-order valence-electron chi connectivity index (χ0n) is 9.63. The predicted octanol–water partition coefficient (Wildman–Crippen LogP) is 3.10. The lowest BCUT2D eigenvalue weighted by Crippen LogP contribution is -1.92. The lowest BCUT2D eigenvalue weighted by molar-refractivity contribution is 0.472. The Hall–Kier alpha value is -1.88. The molecule has 0 aliphatic rings. The molecule has 1 aromatic carbocycles. The van der Waals surface area contributed by atoms with Gasteiger partial charge in [-0.1, -0.05) is 0 Å². The number of imidazole rings is 1. The highest BCUT2D eigenvalue weighted by atomic mass is 79.9. The van der Waals surface area contributed by atoms with Crippen molar-refractivity contribution in [3.05, 3.63) is 41.1 Å². The average molecular weight is 304 g/mol. The molecule has 18 heavy (non-hydrogen) atoms. The van der Waals surface area contributed by atoms with Crippen LogP contribution in [0.3, 0.4) is 0 Å². The molecule has 0 spiro atoms. The Morgan fingerprint density at radius 2 is 2.11 bits per heavy atom. The van der Waals surface area contributed by atoms with Crippen LogP contribution in [0.5, 0.6) is 5.75 Å². The van der Waals surface area contributed by atoms with Crippen LogP contribution in [0.15, 0.2) is 41.1 Å². The number of nitrogens with zero attached hydrogens (tertiary/aromatic N) is 3. The summed E-state index contributed by atoms with van der Waals surface area (Å²) in [5, 5.41) is 9.73. The average Bonchev–Trinajstić information content (AvgIpc) is 2.71. The van der Waals surface area contributed by atoms with Crippen molar-refractivity contribution in [2.24, 2.45) is 7.05 Å². The van der Waals surface area contributed by atoms with Gasteiger partial charge in [0.25, 0.3) is 0 Å². The van der Waals surface area contributed by atoms with E-state index in [-0.39, 0.29) is 5.75 Å². The quantitative estimate of drug-likeness (QED) is 0.751. The van der Waals surface area contributed by atoms with Crippen molar-refractivity contribution in [2.45, 2.75) is 0 Å². The molecule has 0 bridgehead atoms. The first-order chi connectivity index (χ1) is 8.66. The molecule has 5 heteroatoms. The van der Waals surface area contributed by atoms with Crippen LogP contribution in [-0.2, 0) is 7.05 Å². The number of benzene rings is 1. The van der Waals surface area contributed by atoms with Crippen molar-refractivity contribution in [1.82, 2.24) is 14.5 Å². The van der Waals surface area contributed by atoms with Gasteiger partial charge in [0.15, 0.2) is 0 Å². The van der Waals surface area contributed by atoms with E-state index in [1.54, 1.807) is 18.5 Å². The molecule has 1 N–H and O–H groups in total. The molecular formula is C13H10BrN3O. The Morgan fingerprint density at radius 1 is 1.28 bits per heavy atom. The highest BCUT2D eigenvalue weighted by Crippen LogP contribution is 2.30. The first-order valence-corrected chi connectivity index (χ1v) is 6.21. The fourth-order valence-electron chi connectivity index (χ4n) is 1.96. The van der Waals surface area contributed by atoms with Crippen LogP contribution >= 0.6 is 15.9 Å². The number of hydrogen-bond acceptors (Lipinski definition) is 3. The number of aromatic nitrogens is 3. The number of rotatable bonds is 1. The number of aryl methyl sites for hydroxylation is 1. The van der Waals surface area contributed by atoms with E-state index in [9.17, 15) is 5.11 Å². The summed E-state index contributed by atoms with van der Waals surface area (Å²) in [5.74, 6) is 1.01. The number of phenolic OH excluding ortho intramolecular Hbond substituents is 1. The van der Waals surface area contributed by atoms with Crippen LogP contribution in [0.4, 0.5) is 0 Å². The Labute approximate surface area is 112 Å². The second-order valence-electron chi connectivity index (χ2n) is 4.03. The maximum atomic E-state index is 9.73. The molecule has 0 saturated heterocycles. The maximum absolute atomic E-state index is 9.73. The molecule has 0 fully saturated rings. The van der Waals surface area contributed by atoms with Crippen molar-refractivity contribution in [2.75, 3.05) is 0 Å². The fraction of sp³-hybridized carbons (Fsp3) is 0.0769. The lowest BCUT2D eigenvalue weighted by atomic mass is 10.2. The molecule has 0 amide bonds. The topological polar surface area (TPSA) is 50.9 Å². The summed E-state index contributed by atoms with van der Waals surface area (Å²) < 4.78 is 2.66. The van der Waals surface area contributed by atoms with E-state index in [1.807, 2.05) is 29.8 Å². The Balaban J connectivity index is 2.25. The summed E-state index contributed by atoms with van der Waals surface area (Å²) in [5.41, 5.74) is 2.73. The zero-order valence-corrected chi connectivity index (χ0v) is 11.2. The fourth-order valence-corrected chi connectivity index (χ4v) is 2.21. The van der Waals surface area contributed by atoms with E-state index >= 15 is 0 Å². The highest BCUT2D eigenvalue weighted by Gasteiger charge is 2.10. The number of phenols is 1. The van der Waals surface area contributed by atoms with Crippen molar-refractivity contribution >= 4 is 27.0 Å². The monoisotopic (exact) mass is 303 g/mol. The van der Waals surface area contributed by atoms with E-state index in [0.29, 0.717) is 4.47 Å². The van der Waals surface area contributed by atoms with Crippen molar-refractivity contribution < 1.29 is 5.11 Å². The van der Waals surface area contributed by atoms with Crippen LogP contribution in [-0.4, -0.2) is 19.6 Å². The number of pyridine rings is 1. The van der Waals surface area contributed by atoms with Crippen LogP contribution in [0.2, 0.25) is 0 Å². The van der Waals surface area contributed by atoms with Gasteiger partial charge in [0.2, 0.25) is 0 Å². The molecular weight excluding hydrogens is 294 g/mol. The van der Waals surface area contributed by atoms with E-state index in [2.05, 4.69) is 25.9 Å². The highest BCUT2D eigenvalue weighted by molar-refractivity contribution is 9.10. The zero-order chi connectivity index (χ0) is 12.7. The van der Waals surface area contributed by atoms with Gasteiger partial charge >= 0.3 is 0 Å². The Bertz CT molecular complexity index is 736. The van der Waals surface area contributed by atoms with Gasteiger partial charge in [-0.2, -0.15) is 0 Å². The maximum Gasteiger partial charge on any atom is 0.141 e. The SMILES string of the molecule is Cn1c(-c2ccc(Br)c(O)c2)nc2cnccc21. The molecule has 3 aromatic rings. The summed E-state index contributed by atoms with van der Waals surface area (Å²) in [6, 6.07) is 7.34. The van der Waals surface area contributed by atoms with Gasteiger partial charge in [-0.25, -0.2) is 4.98 Å². The number of halogens is 1. The van der Waals surface area contributed by atoms with E-state index in [0.717, 1.165) is 22.4 Å². The van der Waals surface area contributed by atoms with Gasteiger partial charge in [0.1, 0.15) is 17.1 Å². The normalized spacial score (nSPS) is 11.0. The third kappa shape index (κ3) is 1.67. The molecule has 2 aromatic heterocycles. The molecule has 0 aliphatic carbocycles. The van der Waals surface area contributed by atoms with Gasteiger partial charge in [-0.15, -0.1) is 0 Å². The van der Waals surface area contributed by atoms with Crippen LogP contribution in [0.1, 0.15) is 0 Å². The minimum Gasteiger partial charge on any atom is -0.507 e. The predicted molar refractivity (Wildman–Crippen MR) is 73.3 cm³/mol. The smallest absolute Gasteiger partial charge is 0.141 e. The van der Waals surface area contributed by atoms with Crippen molar-refractivity contribution in [1.29, 1.82) is 0 Å². The number of fused-ring (bicyclic) bond motifs is 1. The lowest BCUT2D eigenvalue weighted by Gasteiger charge is -2.04. The molecule has 90 valence electrons. The molecule has 0 atom stereocenters. The molecule has 3 rings (SSSR count). The third-order valence-corrected chi connectivity index (χ3v) is 3.56. The second kappa shape index (κ2) is 4.10. The summed E-state index contributed by atoms with van der Waals surface area (Å²) in [7, 11) is 1.95. The van der Waals surface area contributed by atoms with Gasteiger partial charge in [0.05, 0.1) is 16.2 Å². The molecule has 4 nitrogen and oxygen atoms in total. The summed E-state index contributed by atoms with van der Waals surface area (Å²) in [4.78, 5) is 8.59. The minimum atomic E-state index is 0.206. The van der Waals surface area contributed by atoms with Gasteiger partial charge < -0.3 is 9.67 Å². The van der Waals surface area contributed by atoms with Crippen LogP contribution in [0, 0.1) is 0 Å². The summed E-state index contributed by atoms with van der Waals surface area (Å²) in [6.45, 7) is 0. The van der Waals surface area contributed by atoms with Gasteiger partial charge in [-0.3, -0.25) is 4.98 Å². The van der Waals surface area contributed by atoms with E-state index in [4.69, 9.17) is 0 Å². The van der Waals surface area contributed by atoms with Crippen LogP contribution < -0.4 is 0 Å². The number of hydrogen-bond donors (Lipinski definition) is 1. The van der Waals surface area contributed by atoms with E-state index in [1.165, 1.54) is 0 Å². The Kier molecular flexibility index (Phi) is 2.56. The first-order valence-electron chi connectivity index (χ1n) is 5.42. The number of aromatic hydroxyl groups is 1. The first kappa shape index (κ1) is 11.2. The van der Waals surface area contributed by atoms with Crippen molar-refractivity contribution in [3.63, 3.8) is 0 Å². The van der Waals surface area contributed by atoms with Crippen molar-refractivity contribution in [3.8, 4) is 17.1 Å². The van der Waals surface area contributed by atoms with Gasteiger partial charge in [-0.05, 0) is 40.2 Å². The molecule has 0 aliphatic heterocycles. The molecule has 0 saturated carbocycles. The standard InChI is InChI=1S/C13H10BrN3O/c1-17-11-4-5-15-7-10(11)16-13(17)8-2-3-9(14)12(18)6-8/h2-7,18H,1H3. The third-order valence-electron chi connectivity index (χ3n) is 2.89. The molecule has 2 heterocycles. The largest absolute Gasteiger partial charge is 0.507 e. The molecule has 0 unspecified atom stereocenters. The van der Waals surface area contributed by atoms with Crippen LogP contribution in [0.25, 0.3) is 22.4 Å². The van der Waals surface area contributed by atoms with E-state index < -0.39 is 0 Å². The summed E-state index contributed by atoms with van der Waals surface area (Å²) >= 11 is 3.27. The molecule has 0 radical (unpaired) electrons. The Morgan fingerprint density at radius 3 is 2.83 bits per heavy atom. The summed E-state index contributed by atoms with van der Waals surface area (Å²) in [6.07, 6.45) is 3.48.